The molecule has 3 rings (SSSR count). The standard InChI is InChI=1S/C23H20Cl4N2O5/c1-10(2)8-13(23(33)34-9-14(30)28-12-7-5-4-6-11(12)3)29-21(31)15-16(22(29)32)18(25)20(27)19(26)17(15)24/h4-7,10,13H,8-9H2,1-3H3,(H,28,30)/t13-/m1/s1. The van der Waals surface area contributed by atoms with E-state index in [0.717, 1.165) is 10.5 Å². The Bertz CT molecular complexity index is 1150. The summed E-state index contributed by atoms with van der Waals surface area (Å²) < 4.78 is 5.18. The topological polar surface area (TPSA) is 92.8 Å². The maximum atomic E-state index is 13.2. The van der Waals surface area contributed by atoms with Crippen molar-refractivity contribution in [2.24, 2.45) is 5.92 Å². The van der Waals surface area contributed by atoms with Gasteiger partial charge in [-0.15, -0.1) is 0 Å². The molecule has 7 nitrogen and oxygen atoms in total. The Labute approximate surface area is 216 Å². The Morgan fingerprint density at radius 3 is 1.97 bits per heavy atom. The van der Waals surface area contributed by atoms with Crippen LogP contribution in [0.25, 0.3) is 0 Å². The zero-order valence-corrected chi connectivity index (χ0v) is 21.4. The number of carbonyl (C=O) groups is 4. The number of nitrogens with zero attached hydrogens (tertiary/aromatic N) is 1. The molecule has 1 aliphatic rings. The van der Waals surface area contributed by atoms with E-state index in [0.29, 0.717) is 5.69 Å². The second-order valence-electron chi connectivity index (χ2n) is 8.10. The smallest absolute Gasteiger partial charge is 0.329 e. The van der Waals surface area contributed by atoms with Gasteiger partial charge < -0.3 is 10.1 Å². The van der Waals surface area contributed by atoms with E-state index in [1.165, 1.54) is 0 Å². The molecule has 3 amide bonds. The zero-order valence-electron chi connectivity index (χ0n) is 18.4. The molecule has 180 valence electrons. The Morgan fingerprint density at radius 2 is 1.47 bits per heavy atom. The molecule has 1 N–H and O–H groups in total. The lowest BCUT2D eigenvalue weighted by Crippen LogP contribution is -2.47. The average Bonchev–Trinajstić information content (AvgIpc) is 3.04. The molecule has 0 fully saturated rings. The van der Waals surface area contributed by atoms with Crippen molar-refractivity contribution < 1.29 is 23.9 Å². The van der Waals surface area contributed by atoms with Gasteiger partial charge in [-0.05, 0) is 30.9 Å². The molecule has 0 aliphatic carbocycles. The number of imide groups is 1. The number of hydrogen-bond donors (Lipinski definition) is 1. The summed E-state index contributed by atoms with van der Waals surface area (Å²) >= 11 is 24.5. The highest BCUT2D eigenvalue weighted by Crippen LogP contribution is 2.45. The highest BCUT2D eigenvalue weighted by atomic mass is 35.5. The van der Waals surface area contributed by atoms with Gasteiger partial charge in [0.05, 0.1) is 31.2 Å². The van der Waals surface area contributed by atoms with E-state index in [1.807, 2.05) is 19.1 Å². The number of para-hydroxylation sites is 1. The first kappa shape index (κ1) is 26.3. The molecule has 0 radical (unpaired) electrons. The number of nitrogens with one attached hydrogen (secondary N) is 1. The number of esters is 1. The van der Waals surface area contributed by atoms with Crippen molar-refractivity contribution in [3.05, 3.63) is 61.0 Å². The molecule has 2 aromatic carbocycles. The predicted octanol–water partition coefficient (Wildman–Crippen LogP) is 5.80. The fourth-order valence-corrected chi connectivity index (χ4v) is 4.55. The number of benzene rings is 2. The summed E-state index contributed by atoms with van der Waals surface area (Å²) in [6.45, 7) is 4.81. The maximum Gasteiger partial charge on any atom is 0.329 e. The number of halogens is 4. The lowest BCUT2D eigenvalue weighted by Gasteiger charge is -2.26. The molecular formula is C23H20Cl4N2O5. The first-order valence-electron chi connectivity index (χ1n) is 10.2. The van der Waals surface area contributed by atoms with Gasteiger partial charge in [-0.25, -0.2) is 4.79 Å². The SMILES string of the molecule is Cc1ccccc1NC(=O)COC(=O)[C@@H](CC(C)C)N1C(=O)c2c(Cl)c(Cl)c(Cl)c(Cl)c2C1=O. The van der Waals surface area contributed by atoms with Gasteiger partial charge in [0, 0.05) is 5.69 Å². The van der Waals surface area contributed by atoms with Crippen molar-refractivity contribution in [2.45, 2.75) is 33.2 Å². The second-order valence-corrected chi connectivity index (χ2v) is 9.61. The lowest BCUT2D eigenvalue weighted by molar-refractivity contribution is -0.151. The number of anilines is 1. The highest BCUT2D eigenvalue weighted by Gasteiger charge is 2.47. The fraction of sp³-hybridized carbons (Fsp3) is 0.304. The zero-order chi connectivity index (χ0) is 25.3. The molecule has 0 spiro atoms. The van der Waals surface area contributed by atoms with Crippen LogP contribution in [0.4, 0.5) is 5.69 Å². The van der Waals surface area contributed by atoms with E-state index in [1.54, 1.807) is 26.0 Å². The van der Waals surface area contributed by atoms with Crippen LogP contribution in [0.2, 0.25) is 20.1 Å². The highest BCUT2D eigenvalue weighted by molar-refractivity contribution is 6.55. The number of fused-ring (bicyclic) bond motifs is 1. The van der Waals surface area contributed by atoms with E-state index < -0.39 is 36.3 Å². The van der Waals surface area contributed by atoms with Crippen LogP contribution < -0.4 is 5.32 Å². The monoisotopic (exact) mass is 544 g/mol. The third-order valence-electron chi connectivity index (χ3n) is 5.18. The van der Waals surface area contributed by atoms with E-state index in [2.05, 4.69) is 5.32 Å². The minimum atomic E-state index is -1.32. The largest absolute Gasteiger partial charge is 0.454 e. The van der Waals surface area contributed by atoms with Crippen LogP contribution in [0.15, 0.2) is 24.3 Å². The molecule has 1 heterocycles. The molecule has 0 aromatic heterocycles. The Balaban J connectivity index is 1.83. The number of ether oxygens (including phenoxy) is 1. The van der Waals surface area contributed by atoms with Crippen molar-refractivity contribution in [1.82, 2.24) is 4.90 Å². The Morgan fingerprint density at radius 1 is 0.941 bits per heavy atom. The normalized spacial score (nSPS) is 13.8. The molecule has 1 atom stereocenters. The van der Waals surface area contributed by atoms with Crippen LogP contribution in [0.3, 0.4) is 0 Å². The summed E-state index contributed by atoms with van der Waals surface area (Å²) in [5.74, 6) is -3.30. The van der Waals surface area contributed by atoms with E-state index in [-0.39, 0.29) is 43.6 Å². The van der Waals surface area contributed by atoms with E-state index in [9.17, 15) is 19.2 Å². The van der Waals surface area contributed by atoms with Crippen LogP contribution >= 0.6 is 46.4 Å². The summed E-state index contributed by atoms with van der Waals surface area (Å²) in [4.78, 5) is 52.3. The molecule has 0 bridgehead atoms. The van der Waals surface area contributed by atoms with E-state index >= 15 is 0 Å². The number of amides is 3. The second kappa shape index (κ2) is 10.5. The molecular weight excluding hydrogens is 526 g/mol. The van der Waals surface area contributed by atoms with Crippen molar-refractivity contribution in [2.75, 3.05) is 11.9 Å². The lowest BCUT2D eigenvalue weighted by atomic mass is 10.0. The third kappa shape index (κ3) is 5.03. The minimum absolute atomic E-state index is 0.0837. The molecule has 0 unspecified atom stereocenters. The van der Waals surface area contributed by atoms with Gasteiger partial charge in [-0.1, -0.05) is 78.5 Å². The van der Waals surface area contributed by atoms with Crippen molar-refractivity contribution >= 4 is 75.8 Å². The molecule has 11 heteroatoms. The van der Waals surface area contributed by atoms with Crippen LogP contribution in [-0.2, 0) is 14.3 Å². The minimum Gasteiger partial charge on any atom is -0.454 e. The first-order chi connectivity index (χ1) is 16.0. The molecule has 0 saturated heterocycles. The van der Waals surface area contributed by atoms with Crippen LogP contribution in [0.5, 0.6) is 0 Å². The van der Waals surface area contributed by atoms with Gasteiger partial charge in [0.2, 0.25) is 0 Å². The molecule has 2 aromatic rings. The number of aryl methyl sites for hydroxylation is 1. The first-order valence-corrected chi connectivity index (χ1v) is 11.7. The quantitative estimate of drug-likeness (QED) is 0.205. The summed E-state index contributed by atoms with van der Waals surface area (Å²) in [7, 11) is 0. The Kier molecular flexibility index (Phi) is 8.14. The fourth-order valence-electron chi connectivity index (χ4n) is 3.54. The molecule has 0 saturated carbocycles. The van der Waals surface area contributed by atoms with Gasteiger partial charge in [0.15, 0.2) is 6.61 Å². The summed E-state index contributed by atoms with van der Waals surface area (Å²) in [6, 6.07) is 5.78. The van der Waals surface area contributed by atoms with Crippen LogP contribution in [-0.4, -0.2) is 41.2 Å². The average molecular weight is 546 g/mol. The van der Waals surface area contributed by atoms with Crippen LogP contribution in [0.1, 0.15) is 46.5 Å². The number of rotatable bonds is 7. The van der Waals surface area contributed by atoms with Gasteiger partial charge in [-0.2, -0.15) is 0 Å². The van der Waals surface area contributed by atoms with Gasteiger partial charge in [-0.3, -0.25) is 19.3 Å². The summed E-state index contributed by atoms with van der Waals surface area (Å²) in [5.41, 5.74) is 0.937. The Hall–Kier alpha value is -2.32. The van der Waals surface area contributed by atoms with Crippen LogP contribution in [0, 0.1) is 12.8 Å². The van der Waals surface area contributed by atoms with Gasteiger partial charge in [0.25, 0.3) is 17.7 Å². The van der Waals surface area contributed by atoms with Gasteiger partial charge >= 0.3 is 5.97 Å². The summed E-state index contributed by atoms with van der Waals surface area (Å²) in [6.07, 6.45) is 0.0837. The van der Waals surface area contributed by atoms with Crippen molar-refractivity contribution in [3.8, 4) is 0 Å². The third-order valence-corrected chi connectivity index (χ3v) is 6.98. The predicted molar refractivity (Wildman–Crippen MR) is 131 cm³/mol. The number of carbonyl (C=O) groups excluding carboxylic acids is 4. The van der Waals surface area contributed by atoms with E-state index in [4.69, 9.17) is 51.1 Å². The van der Waals surface area contributed by atoms with Crippen molar-refractivity contribution in [1.29, 1.82) is 0 Å². The molecule has 34 heavy (non-hydrogen) atoms. The number of hydrogen-bond acceptors (Lipinski definition) is 5. The van der Waals surface area contributed by atoms with Gasteiger partial charge in [0.1, 0.15) is 6.04 Å². The molecule has 1 aliphatic heterocycles. The maximum absolute atomic E-state index is 13.2. The summed E-state index contributed by atoms with van der Waals surface area (Å²) in [5, 5.41) is 1.83. The van der Waals surface area contributed by atoms with Crippen molar-refractivity contribution in [3.63, 3.8) is 0 Å².